The maximum atomic E-state index is 9.77. The third-order valence-electron chi connectivity index (χ3n) is 0.902. The van der Waals surface area contributed by atoms with Crippen LogP contribution < -0.4 is 0 Å². The minimum absolute atomic E-state index is 0. The van der Waals surface area contributed by atoms with Gasteiger partial charge in [0.05, 0.1) is 0 Å². The molecule has 0 unspecified atom stereocenters. The van der Waals surface area contributed by atoms with Gasteiger partial charge in [-0.2, -0.15) is 5.57 Å². The van der Waals surface area contributed by atoms with Crippen LogP contribution in [0.4, 0.5) is 0 Å². The summed E-state index contributed by atoms with van der Waals surface area (Å²) in [4.78, 5) is 9.77. The molecule has 1 radical (unpaired) electrons. The van der Waals surface area contributed by atoms with Gasteiger partial charge in [0.2, 0.25) is 0 Å². The first kappa shape index (κ1) is 7.77. The summed E-state index contributed by atoms with van der Waals surface area (Å²) in [7, 11) is 0. The van der Waals surface area contributed by atoms with Crippen LogP contribution >= 0.6 is 0 Å². The molecule has 0 saturated heterocycles. The van der Waals surface area contributed by atoms with Gasteiger partial charge in [-0.3, -0.25) is 0 Å². The third-order valence-corrected chi connectivity index (χ3v) is 0.902. The summed E-state index contributed by atoms with van der Waals surface area (Å²) in [6.45, 7) is 0. The molecule has 0 bridgehead atoms. The molecule has 2 heteroatoms. The predicted molar refractivity (Wildman–Crippen MR) is 29.8 cm³/mol. The third kappa shape index (κ3) is 1.71. The van der Waals surface area contributed by atoms with Crippen molar-refractivity contribution in [2.75, 3.05) is 0 Å². The Morgan fingerprint density at radius 2 is 2.50 bits per heavy atom. The molecule has 0 aromatic rings. The summed E-state index contributed by atoms with van der Waals surface area (Å²) in [6, 6.07) is 0. The topological polar surface area (TPSA) is 17.1 Å². The zero-order chi connectivity index (χ0) is 5.11. The zero-order valence-electron chi connectivity index (χ0n) is 6.20. The Hall–Kier alpha value is -0.227. The fourth-order valence-electron chi connectivity index (χ4n) is 0.523. The van der Waals surface area contributed by atoms with Crippen molar-refractivity contribution in [2.45, 2.75) is 6.42 Å². The van der Waals surface area contributed by atoms with Gasteiger partial charge in [-0.25, -0.2) is 6.08 Å². The van der Waals surface area contributed by atoms with Crippen LogP contribution in [0.1, 0.15) is 9.27 Å². The van der Waals surface area contributed by atoms with E-state index in [1.165, 1.54) is 0 Å². The van der Waals surface area contributed by atoms with Crippen molar-refractivity contribution < 1.29 is 27.1 Å². The molecule has 0 aromatic carbocycles. The van der Waals surface area contributed by atoms with Crippen molar-refractivity contribution in [3.63, 3.8) is 0 Å². The Balaban J connectivity index is -0.000000163. The molecule has 0 spiro atoms. The summed E-state index contributed by atoms with van der Waals surface area (Å²) in [6.07, 6.45) is 8.14. The monoisotopic (exact) mass is 197 g/mol. The molecule has 1 rings (SSSR count). The van der Waals surface area contributed by atoms with Gasteiger partial charge in [0.15, 0.2) is 0 Å². The molecule has 1 nitrogen and oxygen atoms in total. The van der Waals surface area contributed by atoms with Gasteiger partial charge in [-0.1, -0.05) is 0 Å². The smallest absolute Gasteiger partial charge is 1.00 e. The molecule has 0 heterocycles. The number of rotatable bonds is 1. The Bertz CT molecular complexity index is 143. The van der Waals surface area contributed by atoms with Gasteiger partial charge >= 0.3 is 19.5 Å². The molecule has 0 fully saturated rings. The molecule has 0 amide bonds. The molecule has 0 saturated carbocycles. The maximum Gasteiger partial charge on any atom is 1.00 e. The first-order chi connectivity index (χ1) is 3.43. The predicted octanol–water partition coefficient (Wildman–Crippen LogP) is 1.20. The van der Waals surface area contributed by atoms with Gasteiger partial charge in [0, 0.05) is 0 Å². The molecule has 0 N–H and O–H groups in total. The molecule has 0 aromatic heterocycles. The van der Waals surface area contributed by atoms with Crippen molar-refractivity contribution in [1.82, 2.24) is 0 Å². The Morgan fingerprint density at radius 1 is 1.75 bits per heavy atom. The van der Waals surface area contributed by atoms with Crippen molar-refractivity contribution in [2.24, 2.45) is 0 Å². The summed E-state index contributed by atoms with van der Waals surface area (Å²) < 4.78 is 0. The average molecular weight is 196 g/mol. The van der Waals surface area contributed by atoms with E-state index < -0.39 is 0 Å². The second-order valence-corrected chi connectivity index (χ2v) is 1.43. The Morgan fingerprint density at radius 3 is 2.75 bits per heavy atom. The number of carbonyl (C=O) groups excluding carboxylic acids is 1. The van der Waals surface area contributed by atoms with E-state index in [0.29, 0.717) is 0 Å². The van der Waals surface area contributed by atoms with Crippen LogP contribution in [-0.4, -0.2) is 6.29 Å². The van der Waals surface area contributed by atoms with Gasteiger partial charge in [-0.05, 0) is 12.7 Å². The SMILES string of the molecule is O=[C-]C1=CC=CC1.[H-].[H-].[Ru+]. The molecule has 1 aliphatic carbocycles. The van der Waals surface area contributed by atoms with Gasteiger partial charge < -0.3 is 7.65 Å². The molecular formula is C6H7ORu-2. The van der Waals surface area contributed by atoms with E-state index in [4.69, 9.17) is 0 Å². The Kier molecular flexibility index (Phi) is 3.63. The average Bonchev–Trinajstić information content (AvgIpc) is 2.14. The number of hydrogen-bond donors (Lipinski definition) is 0. The van der Waals surface area contributed by atoms with E-state index in [1.807, 2.05) is 18.4 Å². The van der Waals surface area contributed by atoms with Crippen molar-refractivity contribution in [1.29, 1.82) is 0 Å². The molecule has 0 aliphatic heterocycles. The van der Waals surface area contributed by atoms with Gasteiger partial charge in [-0.15, -0.1) is 12.2 Å². The van der Waals surface area contributed by atoms with Gasteiger partial charge in [0.1, 0.15) is 0 Å². The molecule has 8 heavy (non-hydrogen) atoms. The summed E-state index contributed by atoms with van der Waals surface area (Å²) >= 11 is 0. The zero-order valence-corrected chi connectivity index (χ0v) is 5.94. The van der Waals surface area contributed by atoms with Crippen molar-refractivity contribution in [3.8, 4) is 0 Å². The van der Waals surface area contributed by atoms with Crippen LogP contribution in [0.3, 0.4) is 0 Å². The van der Waals surface area contributed by atoms with E-state index in [-0.39, 0.29) is 22.3 Å². The number of allylic oxidation sites excluding steroid dienone is 4. The van der Waals surface area contributed by atoms with E-state index in [9.17, 15) is 4.79 Å². The quantitative estimate of drug-likeness (QED) is 0.455. The minimum atomic E-state index is 0. The fourth-order valence-corrected chi connectivity index (χ4v) is 0.523. The normalized spacial score (nSPS) is 14.8. The van der Waals surface area contributed by atoms with Crippen LogP contribution in [0.2, 0.25) is 0 Å². The second kappa shape index (κ2) is 3.74. The van der Waals surface area contributed by atoms with Crippen molar-refractivity contribution >= 4 is 6.29 Å². The van der Waals surface area contributed by atoms with Gasteiger partial charge in [0.25, 0.3) is 0 Å². The molecular weight excluding hydrogens is 189 g/mol. The van der Waals surface area contributed by atoms with E-state index in [2.05, 4.69) is 0 Å². The van der Waals surface area contributed by atoms with Crippen LogP contribution in [0, 0.1) is 0 Å². The number of hydrogen-bond acceptors (Lipinski definition) is 1. The van der Waals surface area contributed by atoms with E-state index in [1.54, 1.807) is 6.08 Å². The minimum Gasteiger partial charge on any atom is -1.00 e. The standard InChI is InChI=1S/C6H5O.Ru.2H/c7-5-6-3-1-2-4-6;;;/h1-3H,4H2;;;/q-1;+1;2*-1. The molecule has 47 valence electrons. The van der Waals surface area contributed by atoms with Crippen LogP contribution in [0.5, 0.6) is 0 Å². The van der Waals surface area contributed by atoms with Crippen LogP contribution in [0.15, 0.2) is 23.8 Å². The summed E-state index contributed by atoms with van der Waals surface area (Å²) in [5.74, 6) is 0. The van der Waals surface area contributed by atoms with Crippen LogP contribution in [-0.2, 0) is 24.3 Å². The fraction of sp³-hybridized carbons (Fsp3) is 0.167. The Labute approximate surface area is 64.2 Å². The molecule has 1 aliphatic rings. The van der Waals surface area contributed by atoms with E-state index >= 15 is 0 Å². The van der Waals surface area contributed by atoms with E-state index in [0.717, 1.165) is 12.0 Å². The molecule has 0 atom stereocenters. The summed E-state index contributed by atoms with van der Waals surface area (Å²) in [5.41, 5.74) is 0.750. The second-order valence-electron chi connectivity index (χ2n) is 1.43. The summed E-state index contributed by atoms with van der Waals surface area (Å²) in [5, 5.41) is 0. The van der Waals surface area contributed by atoms with Crippen molar-refractivity contribution in [3.05, 3.63) is 23.8 Å². The first-order valence-electron chi connectivity index (χ1n) is 2.17. The largest absolute Gasteiger partial charge is 1.00 e. The maximum absolute atomic E-state index is 9.77. The first-order valence-corrected chi connectivity index (χ1v) is 2.17. The van der Waals surface area contributed by atoms with Crippen LogP contribution in [0.25, 0.3) is 0 Å².